The minimum atomic E-state index is -0.116. The van der Waals surface area contributed by atoms with Crippen molar-refractivity contribution in [3.8, 4) is 11.5 Å². The molecule has 0 bridgehead atoms. The van der Waals surface area contributed by atoms with E-state index < -0.39 is 0 Å². The van der Waals surface area contributed by atoms with Gasteiger partial charge in [0.2, 0.25) is 0 Å². The Morgan fingerprint density at radius 2 is 1.02 bits per heavy atom. The van der Waals surface area contributed by atoms with Crippen molar-refractivity contribution in [3.05, 3.63) is 83.9 Å². The molecule has 0 atom stereocenters. The summed E-state index contributed by atoms with van der Waals surface area (Å²) in [5, 5.41) is 23.3. The van der Waals surface area contributed by atoms with Crippen LogP contribution in [0.4, 0.5) is 0 Å². The van der Waals surface area contributed by atoms with E-state index in [0.29, 0.717) is 6.10 Å². The number of aromatic hydroxyl groups is 1. The molecule has 2 saturated carbocycles. The minimum absolute atomic E-state index is 0. The fraction of sp³-hybridized carbons (Fsp3) is 0.569. The van der Waals surface area contributed by atoms with Crippen molar-refractivity contribution in [3.63, 3.8) is 0 Å². The van der Waals surface area contributed by atoms with Gasteiger partial charge in [0.05, 0.1) is 38.3 Å². The molecular weight excluding hydrogens is 753 g/mol. The van der Waals surface area contributed by atoms with Crippen LogP contribution in [-0.2, 0) is 32.2 Å². The van der Waals surface area contributed by atoms with Gasteiger partial charge in [-0.15, -0.1) is 0 Å². The Labute approximate surface area is 359 Å². The summed E-state index contributed by atoms with van der Waals surface area (Å²) in [5.74, 6) is 4.47. The van der Waals surface area contributed by atoms with Gasteiger partial charge in [-0.3, -0.25) is 19.4 Å². The minimum Gasteiger partial charge on any atom is -0.508 e. The molecule has 9 heteroatoms. The third kappa shape index (κ3) is 12.9. The van der Waals surface area contributed by atoms with E-state index >= 15 is 0 Å². The Hall–Kier alpha value is -4.18. The Kier molecular flexibility index (Phi) is 17.2. The second kappa shape index (κ2) is 22.1. The van der Waals surface area contributed by atoms with Crippen molar-refractivity contribution in [1.29, 1.82) is 0 Å². The quantitative estimate of drug-likeness (QED) is 0.151. The van der Waals surface area contributed by atoms with Crippen molar-refractivity contribution in [2.75, 3.05) is 40.4 Å². The van der Waals surface area contributed by atoms with E-state index in [1.807, 2.05) is 12.1 Å². The molecule has 328 valence electrons. The summed E-state index contributed by atoms with van der Waals surface area (Å²) in [6.45, 7) is 14.1. The lowest BCUT2D eigenvalue weighted by atomic mass is 9.80. The first-order chi connectivity index (χ1) is 28.4. The zero-order chi connectivity index (χ0) is 42.1. The summed E-state index contributed by atoms with van der Waals surface area (Å²) >= 11 is 0. The summed E-state index contributed by atoms with van der Waals surface area (Å²) in [5.41, 5.74) is 2.49. The molecule has 4 aromatic carbocycles. The number of carbonyl (C=O) groups excluding carboxylic acids is 2. The number of ether oxygens (including phenoxy) is 3. The fourth-order valence-corrected chi connectivity index (χ4v) is 9.21. The van der Waals surface area contributed by atoms with Crippen LogP contribution in [0.25, 0.3) is 21.5 Å². The van der Waals surface area contributed by atoms with Crippen molar-refractivity contribution in [2.45, 2.75) is 112 Å². The van der Waals surface area contributed by atoms with Crippen LogP contribution < -0.4 is 4.74 Å². The first-order valence-electron chi connectivity index (χ1n) is 22.1. The average molecular weight is 825 g/mol. The van der Waals surface area contributed by atoms with Gasteiger partial charge in [-0.2, -0.15) is 0 Å². The maximum Gasteiger partial charge on any atom is 0.311 e. The van der Waals surface area contributed by atoms with Crippen LogP contribution in [0.2, 0.25) is 0 Å². The first kappa shape index (κ1) is 46.9. The maximum absolute atomic E-state index is 11.5. The Balaban J connectivity index is 0.000000190. The van der Waals surface area contributed by atoms with Crippen molar-refractivity contribution in [1.82, 2.24) is 9.80 Å². The van der Waals surface area contributed by atoms with Crippen molar-refractivity contribution >= 4 is 33.5 Å². The maximum atomic E-state index is 11.5. The van der Waals surface area contributed by atoms with Gasteiger partial charge in [-0.05, 0) is 144 Å². The lowest BCUT2D eigenvalue weighted by molar-refractivity contribution is -0.152. The highest BCUT2D eigenvalue weighted by atomic mass is 16.5. The molecule has 0 spiro atoms. The predicted octanol–water partition coefficient (Wildman–Crippen LogP) is 10.0. The number of carbonyl (C=O) groups is 2. The molecule has 4 fully saturated rings. The second-order valence-electron chi connectivity index (χ2n) is 18.2. The smallest absolute Gasteiger partial charge is 0.311 e. The summed E-state index contributed by atoms with van der Waals surface area (Å²) in [6, 6.07) is 24.6. The summed E-state index contributed by atoms with van der Waals surface area (Å²) in [6.07, 6.45) is 9.80. The fourth-order valence-electron chi connectivity index (χ4n) is 9.21. The molecule has 0 unspecified atom stereocenters. The number of likely N-dealkylation sites (tertiary alicyclic amines) is 2. The van der Waals surface area contributed by atoms with E-state index in [-0.39, 0.29) is 43.1 Å². The monoisotopic (exact) mass is 825 g/mol. The van der Waals surface area contributed by atoms with E-state index in [1.54, 1.807) is 12.1 Å². The lowest BCUT2D eigenvalue weighted by Crippen LogP contribution is -2.49. The van der Waals surface area contributed by atoms with Crippen LogP contribution in [0.1, 0.15) is 97.6 Å². The van der Waals surface area contributed by atoms with Gasteiger partial charge in [-0.1, -0.05) is 71.5 Å². The van der Waals surface area contributed by atoms with Crippen molar-refractivity contribution in [2.24, 2.45) is 35.5 Å². The molecule has 2 heterocycles. The normalized spacial score (nSPS) is 22.4. The van der Waals surface area contributed by atoms with Crippen LogP contribution in [0.3, 0.4) is 0 Å². The zero-order valence-corrected chi connectivity index (χ0v) is 36.3. The van der Waals surface area contributed by atoms with Crippen molar-refractivity contribution < 1.29 is 34.0 Å². The number of hydrogen-bond acceptors (Lipinski definition) is 9. The number of hydrogen-bond donors (Lipinski definition) is 2. The van der Waals surface area contributed by atoms with E-state index in [2.05, 4.69) is 86.0 Å². The number of fused-ring (bicyclic) bond motifs is 2. The van der Waals surface area contributed by atoms with E-state index in [1.165, 1.54) is 74.6 Å². The molecule has 0 radical (unpaired) electrons. The highest BCUT2D eigenvalue weighted by molar-refractivity contribution is 5.85. The number of esters is 2. The number of aliphatic hydroxyl groups is 1. The SMILES string of the molecule is C.CC(C)C1CCC(O)CC1.COC(=O)C1CN(Cc2ccc3cc(O)ccc3c2)C1.COC(=O)C1CN(Cc2ccc3cc(OC4CCC(C(C)C)CC4)ccc3c2)C1. The molecule has 60 heavy (non-hydrogen) atoms. The average Bonchev–Trinajstić information content (AvgIpc) is 3.20. The Bertz CT molecular complexity index is 1970. The summed E-state index contributed by atoms with van der Waals surface area (Å²) < 4.78 is 15.9. The summed E-state index contributed by atoms with van der Waals surface area (Å²) in [7, 11) is 2.90. The molecule has 2 aliphatic carbocycles. The van der Waals surface area contributed by atoms with Gasteiger partial charge in [0.1, 0.15) is 11.5 Å². The number of nitrogens with zero attached hydrogens (tertiary/aromatic N) is 2. The van der Waals surface area contributed by atoms with Gasteiger partial charge in [0.15, 0.2) is 0 Å². The van der Waals surface area contributed by atoms with Crippen LogP contribution in [0.5, 0.6) is 11.5 Å². The number of phenols is 1. The van der Waals surface area contributed by atoms with Crippen LogP contribution in [0.15, 0.2) is 72.8 Å². The number of phenolic OH excluding ortho intramolecular Hbond substituents is 1. The predicted molar refractivity (Wildman–Crippen MR) is 242 cm³/mol. The van der Waals surface area contributed by atoms with Crippen LogP contribution >= 0.6 is 0 Å². The number of benzene rings is 4. The molecule has 9 nitrogen and oxygen atoms in total. The molecular formula is C51H72N2O7. The molecule has 0 aromatic heterocycles. The van der Waals surface area contributed by atoms with Gasteiger partial charge < -0.3 is 24.4 Å². The summed E-state index contributed by atoms with van der Waals surface area (Å²) in [4.78, 5) is 27.4. The topological polar surface area (TPSA) is 109 Å². The highest BCUT2D eigenvalue weighted by Crippen LogP contribution is 2.34. The number of rotatable bonds is 10. The molecule has 2 N–H and O–H groups in total. The van der Waals surface area contributed by atoms with E-state index in [4.69, 9.17) is 14.2 Å². The van der Waals surface area contributed by atoms with Gasteiger partial charge in [0.25, 0.3) is 0 Å². The van der Waals surface area contributed by atoms with Crippen LogP contribution in [-0.4, -0.2) is 84.6 Å². The third-order valence-corrected chi connectivity index (χ3v) is 13.2. The molecule has 4 aromatic rings. The first-order valence-corrected chi connectivity index (χ1v) is 22.1. The van der Waals surface area contributed by atoms with Gasteiger partial charge >= 0.3 is 11.9 Å². The lowest BCUT2D eigenvalue weighted by Gasteiger charge is -2.37. The number of aliphatic hydroxyl groups excluding tert-OH is 1. The third-order valence-electron chi connectivity index (χ3n) is 13.2. The molecule has 0 amide bonds. The largest absolute Gasteiger partial charge is 0.508 e. The molecule has 8 rings (SSSR count). The van der Waals surface area contributed by atoms with E-state index in [9.17, 15) is 19.8 Å². The molecule has 2 saturated heterocycles. The Morgan fingerprint density at radius 3 is 1.48 bits per heavy atom. The highest BCUT2D eigenvalue weighted by Gasteiger charge is 2.34. The van der Waals surface area contributed by atoms with Crippen LogP contribution in [0, 0.1) is 35.5 Å². The Morgan fingerprint density at radius 1 is 0.600 bits per heavy atom. The molecule has 2 aliphatic heterocycles. The van der Waals surface area contributed by atoms with Gasteiger partial charge in [-0.25, -0.2) is 0 Å². The number of methoxy groups -OCH3 is 2. The van der Waals surface area contributed by atoms with Gasteiger partial charge in [0, 0.05) is 39.3 Å². The second-order valence-corrected chi connectivity index (χ2v) is 18.2. The molecule has 4 aliphatic rings. The standard InChI is InChI=1S/C25H33NO3.C16H17NO3.C9H18O.CH4/c1-17(2)19-6-9-23(10-7-19)29-24-11-8-20-12-18(4-5-21(20)13-24)14-26-15-22(16-26)25(27)28-3;1-20-16(19)14-9-17(10-14)8-11-2-3-13-7-15(18)5-4-12(13)6-11;1-7(2)8-3-5-9(10)6-4-8;/h4-5,8,11-13,17,19,22-23H,6-7,9-10,14-16H2,1-3H3;2-7,14,18H,8-10H2,1H3;7-10H,3-6H2,1-2H3;1H4. The zero-order valence-electron chi connectivity index (χ0n) is 36.3. The van der Waals surface area contributed by atoms with E-state index in [0.717, 1.165) is 92.3 Å².